The van der Waals surface area contributed by atoms with E-state index in [1.165, 1.54) is 11.8 Å². The summed E-state index contributed by atoms with van der Waals surface area (Å²) in [5.41, 5.74) is 4.19. The number of carbonyl (C=O) groups excluding carboxylic acids is 1. The minimum Gasteiger partial charge on any atom is -0.497 e. The molecular weight excluding hydrogens is 372 g/mol. The van der Waals surface area contributed by atoms with Gasteiger partial charge in [0.15, 0.2) is 5.16 Å². The maximum atomic E-state index is 12.3. The molecule has 0 radical (unpaired) electrons. The van der Waals surface area contributed by atoms with Gasteiger partial charge in [0.05, 0.1) is 12.9 Å². The molecule has 6 nitrogen and oxygen atoms in total. The minimum atomic E-state index is -0.0605. The van der Waals surface area contributed by atoms with Gasteiger partial charge < -0.3 is 14.6 Å². The first kappa shape index (κ1) is 19.9. The van der Waals surface area contributed by atoms with Gasteiger partial charge in [-0.1, -0.05) is 30.0 Å². The third-order valence-corrected chi connectivity index (χ3v) is 5.30. The Morgan fingerprint density at radius 3 is 2.43 bits per heavy atom. The molecule has 0 saturated heterocycles. The van der Waals surface area contributed by atoms with Crippen LogP contribution in [0.4, 0.5) is 5.69 Å². The number of rotatable bonds is 7. The first-order valence-electron chi connectivity index (χ1n) is 8.97. The molecule has 2 aromatic carbocycles. The van der Waals surface area contributed by atoms with Crippen LogP contribution in [-0.2, 0) is 18.3 Å². The summed E-state index contributed by atoms with van der Waals surface area (Å²) in [4.78, 5) is 12.3. The number of methoxy groups -OCH3 is 1. The van der Waals surface area contributed by atoms with Crippen LogP contribution in [-0.4, -0.2) is 33.5 Å². The van der Waals surface area contributed by atoms with Crippen molar-refractivity contribution in [3.05, 3.63) is 65.0 Å². The number of benzene rings is 2. The summed E-state index contributed by atoms with van der Waals surface area (Å²) >= 11 is 1.38. The topological polar surface area (TPSA) is 69.0 Å². The molecule has 1 N–H and O–H groups in total. The first-order valence-corrected chi connectivity index (χ1v) is 9.95. The number of nitrogens with zero attached hydrogens (tertiary/aromatic N) is 3. The first-order chi connectivity index (χ1) is 13.4. The summed E-state index contributed by atoms with van der Waals surface area (Å²) in [6.07, 6.45) is 0.669. The molecular formula is C21H24N4O2S. The average Bonchev–Trinajstić information content (AvgIpc) is 2.99. The molecule has 0 fully saturated rings. The molecule has 0 unspecified atom stereocenters. The Labute approximate surface area is 169 Å². The van der Waals surface area contributed by atoms with E-state index in [-0.39, 0.29) is 11.7 Å². The summed E-state index contributed by atoms with van der Waals surface area (Å²) in [6.45, 7) is 4.03. The Morgan fingerprint density at radius 1 is 1.11 bits per heavy atom. The van der Waals surface area contributed by atoms with Gasteiger partial charge in [0.1, 0.15) is 11.6 Å². The monoisotopic (exact) mass is 396 g/mol. The van der Waals surface area contributed by atoms with Gasteiger partial charge in [-0.05, 0) is 54.8 Å². The number of aryl methyl sites for hydroxylation is 2. The second-order valence-corrected chi connectivity index (χ2v) is 7.64. The van der Waals surface area contributed by atoms with E-state index >= 15 is 0 Å². The van der Waals surface area contributed by atoms with E-state index in [0.717, 1.165) is 39.1 Å². The van der Waals surface area contributed by atoms with Crippen LogP contribution in [0.2, 0.25) is 0 Å². The van der Waals surface area contributed by atoms with E-state index in [0.29, 0.717) is 6.42 Å². The van der Waals surface area contributed by atoms with Crippen LogP contribution in [0.15, 0.2) is 47.6 Å². The number of anilines is 1. The average molecular weight is 397 g/mol. The van der Waals surface area contributed by atoms with Crippen molar-refractivity contribution < 1.29 is 9.53 Å². The fraction of sp³-hybridized carbons (Fsp3) is 0.286. The van der Waals surface area contributed by atoms with Gasteiger partial charge in [-0.15, -0.1) is 10.2 Å². The highest BCUT2D eigenvalue weighted by molar-refractivity contribution is 7.99. The molecule has 0 spiro atoms. The summed E-state index contributed by atoms with van der Waals surface area (Å²) in [5.74, 6) is 1.89. The van der Waals surface area contributed by atoms with Gasteiger partial charge in [0.25, 0.3) is 0 Å². The van der Waals surface area contributed by atoms with E-state index < -0.39 is 0 Å². The van der Waals surface area contributed by atoms with Gasteiger partial charge in [-0.2, -0.15) is 0 Å². The highest BCUT2D eigenvalue weighted by Gasteiger charge is 2.12. The van der Waals surface area contributed by atoms with Crippen molar-refractivity contribution in [1.29, 1.82) is 0 Å². The summed E-state index contributed by atoms with van der Waals surface area (Å²) < 4.78 is 7.11. The predicted molar refractivity (Wildman–Crippen MR) is 112 cm³/mol. The SMILES string of the molecule is COc1ccc(Cc2nnc(SCC(=O)Nc3cc(C)cc(C)c3)n2C)cc1. The molecule has 0 aliphatic heterocycles. The standard InChI is InChI=1S/C21H24N4O2S/c1-14-9-15(2)11-17(10-14)22-20(26)13-28-21-24-23-19(25(21)3)12-16-5-7-18(27-4)8-6-16/h5-11H,12-13H2,1-4H3,(H,22,26). The lowest BCUT2D eigenvalue weighted by Crippen LogP contribution is -2.14. The Morgan fingerprint density at radius 2 is 1.79 bits per heavy atom. The number of thioether (sulfide) groups is 1. The normalized spacial score (nSPS) is 10.7. The maximum absolute atomic E-state index is 12.3. The predicted octanol–water partition coefficient (Wildman–Crippen LogP) is 3.76. The van der Waals surface area contributed by atoms with Crippen LogP contribution < -0.4 is 10.1 Å². The minimum absolute atomic E-state index is 0.0605. The van der Waals surface area contributed by atoms with Crippen LogP contribution >= 0.6 is 11.8 Å². The summed E-state index contributed by atoms with van der Waals surface area (Å²) in [6, 6.07) is 13.9. The second kappa shape index (κ2) is 8.93. The highest BCUT2D eigenvalue weighted by Crippen LogP contribution is 2.20. The zero-order valence-electron chi connectivity index (χ0n) is 16.5. The van der Waals surface area contributed by atoms with E-state index in [9.17, 15) is 4.79 Å². The Bertz CT molecular complexity index is 947. The Hall–Kier alpha value is -2.80. The lowest BCUT2D eigenvalue weighted by atomic mass is 10.1. The van der Waals surface area contributed by atoms with Crippen LogP contribution in [0, 0.1) is 13.8 Å². The van der Waals surface area contributed by atoms with Crippen molar-refractivity contribution in [2.45, 2.75) is 25.4 Å². The molecule has 146 valence electrons. The van der Waals surface area contributed by atoms with Crippen molar-refractivity contribution in [1.82, 2.24) is 14.8 Å². The van der Waals surface area contributed by atoms with Gasteiger partial charge in [0.2, 0.25) is 5.91 Å². The number of carbonyl (C=O) groups is 1. The smallest absolute Gasteiger partial charge is 0.234 e. The molecule has 28 heavy (non-hydrogen) atoms. The molecule has 1 aromatic heterocycles. The molecule has 0 aliphatic rings. The maximum Gasteiger partial charge on any atom is 0.234 e. The Kier molecular flexibility index (Phi) is 6.36. The molecule has 0 bridgehead atoms. The van der Waals surface area contributed by atoms with E-state index in [1.807, 2.05) is 61.9 Å². The lowest BCUT2D eigenvalue weighted by Gasteiger charge is -2.08. The molecule has 0 aliphatic carbocycles. The largest absolute Gasteiger partial charge is 0.497 e. The highest BCUT2D eigenvalue weighted by atomic mass is 32.2. The quantitative estimate of drug-likeness (QED) is 0.616. The molecule has 3 aromatic rings. The third kappa shape index (κ3) is 5.13. The van der Waals surface area contributed by atoms with Gasteiger partial charge in [0, 0.05) is 19.2 Å². The van der Waals surface area contributed by atoms with Gasteiger partial charge in [-0.25, -0.2) is 0 Å². The van der Waals surface area contributed by atoms with Crippen LogP contribution in [0.1, 0.15) is 22.5 Å². The van der Waals surface area contributed by atoms with Gasteiger partial charge in [-0.3, -0.25) is 4.79 Å². The molecule has 3 rings (SSSR count). The number of aromatic nitrogens is 3. The number of hydrogen-bond acceptors (Lipinski definition) is 5. The second-order valence-electron chi connectivity index (χ2n) is 6.70. The van der Waals surface area contributed by atoms with E-state index in [4.69, 9.17) is 4.74 Å². The molecule has 0 atom stereocenters. The number of ether oxygens (including phenoxy) is 1. The number of nitrogens with one attached hydrogen (secondary N) is 1. The summed E-state index contributed by atoms with van der Waals surface area (Å²) in [7, 11) is 3.57. The fourth-order valence-electron chi connectivity index (χ4n) is 2.92. The molecule has 7 heteroatoms. The van der Waals surface area contributed by atoms with Gasteiger partial charge >= 0.3 is 0 Å². The van der Waals surface area contributed by atoms with Crippen molar-refractivity contribution in [3.8, 4) is 5.75 Å². The number of hydrogen-bond donors (Lipinski definition) is 1. The number of amides is 1. The van der Waals surface area contributed by atoms with Crippen molar-refractivity contribution in [3.63, 3.8) is 0 Å². The zero-order chi connectivity index (χ0) is 20.1. The lowest BCUT2D eigenvalue weighted by molar-refractivity contribution is -0.113. The van der Waals surface area contributed by atoms with Crippen LogP contribution in [0.3, 0.4) is 0 Å². The van der Waals surface area contributed by atoms with Crippen molar-refractivity contribution in [2.24, 2.45) is 7.05 Å². The molecule has 1 heterocycles. The van der Waals surface area contributed by atoms with E-state index in [1.54, 1.807) is 7.11 Å². The third-order valence-electron chi connectivity index (χ3n) is 4.28. The van der Waals surface area contributed by atoms with Crippen LogP contribution in [0.5, 0.6) is 5.75 Å². The van der Waals surface area contributed by atoms with Crippen molar-refractivity contribution in [2.75, 3.05) is 18.2 Å². The molecule has 1 amide bonds. The van der Waals surface area contributed by atoms with Crippen molar-refractivity contribution >= 4 is 23.4 Å². The summed E-state index contributed by atoms with van der Waals surface area (Å²) in [5, 5.41) is 12.2. The zero-order valence-corrected chi connectivity index (χ0v) is 17.3. The van der Waals surface area contributed by atoms with E-state index in [2.05, 4.69) is 21.6 Å². The fourth-order valence-corrected chi connectivity index (χ4v) is 3.65. The van der Waals surface area contributed by atoms with Crippen LogP contribution in [0.25, 0.3) is 0 Å². The molecule has 0 saturated carbocycles. The Balaban J connectivity index is 1.58.